The summed E-state index contributed by atoms with van der Waals surface area (Å²) in [5.41, 5.74) is 1.22. The van der Waals surface area contributed by atoms with Crippen molar-refractivity contribution in [3.05, 3.63) is 65.7 Å². The zero-order valence-corrected chi connectivity index (χ0v) is 18.1. The topological polar surface area (TPSA) is 52.9 Å². The minimum absolute atomic E-state index is 0.326. The number of nitrogens with zero attached hydrogens (tertiary/aromatic N) is 1. The van der Waals surface area contributed by atoms with Crippen LogP contribution in [0.1, 0.15) is 55.6 Å². The molecule has 0 amide bonds. The number of ether oxygens (including phenoxy) is 1. The zero-order valence-electron chi connectivity index (χ0n) is 18.1. The number of hydrogen-bond acceptors (Lipinski definition) is 4. The van der Waals surface area contributed by atoms with Crippen LogP contribution in [-0.2, 0) is 0 Å². The van der Waals surface area contributed by atoms with Crippen molar-refractivity contribution >= 4 is 0 Å². The molecule has 2 fully saturated rings. The van der Waals surface area contributed by atoms with Gasteiger partial charge in [-0.1, -0.05) is 48.0 Å². The Hall–Kier alpha value is -1.88. The van der Waals surface area contributed by atoms with Crippen molar-refractivity contribution in [2.24, 2.45) is 0 Å². The molecule has 1 aliphatic carbocycles. The van der Waals surface area contributed by atoms with Crippen molar-refractivity contribution in [2.75, 3.05) is 26.2 Å². The van der Waals surface area contributed by atoms with Gasteiger partial charge in [-0.15, -0.1) is 0 Å². The number of benzene rings is 2. The predicted octanol–water partition coefficient (Wildman–Crippen LogP) is 4.29. The molecule has 0 aromatic heterocycles. The Kier molecular flexibility index (Phi) is 6.47. The van der Waals surface area contributed by atoms with Gasteiger partial charge in [-0.05, 0) is 69.1 Å². The Morgan fingerprint density at radius 2 is 1.50 bits per heavy atom. The monoisotopic (exact) mass is 409 g/mol. The first-order valence-corrected chi connectivity index (χ1v) is 11.3. The van der Waals surface area contributed by atoms with Crippen LogP contribution in [0.15, 0.2) is 54.6 Å². The summed E-state index contributed by atoms with van der Waals surface area (Å²) in [6.07, 6.45) is 5.16. The number of hydrogen-bond donors (Lipinski definition) is 2. The first-order chi connectivity index (χ1) is 14.4. The summed E-state index contributed by atoms with van der Waals surface area (Å²) in [5.74, 6) is 1.37. The number of β-amino-alcohol motifs (C(OH)–C–C–N with tert-alkyl or cyclic N) is 1. The van der Waals surface area contributed by atoms with Gasteiger partial charge in [0, 0.05) is 19.6 Å². The van der Waals surface area contributed by atoms with Gasteiger partial charge in [0.25, 0.3) is 0 Å². The molecule has 2 aromatic rings. The third-order valence-electron chi connectivity index (χ3n) is 7.02. The standard InChI is InChI=1S/C26H35NO3/c1-21-7-9-24(10-8-21)30-20-26(29)15-17-27(18-16-26)19-25(28)13-11-23(12-14-25)22-5-3-2-4-6-22/h2-10,23,28-29H,11-20H2,1H3. The summed E-state index contributed by atoms with van der Waals surface area (Å²) in [6.45, 7) is 4.70. The molecule has 0 bridgehead atoms. The lowest BCUT2D eigenvalue weighted by molar-refractivity contribution is -0.0786. The van der Waals surface area contributed by atoms with E-state index in [2.05, 4.69) is 42.2 Å². The van der Waals surface area contributed by atoms with Crippen LogP contribution in [0.25, 0.3) is 0 Å². The minimum atomic E-state index is -0.783. The van der Waals surface area contributed by atoms with Gasteiger partial charge in [-0.2, -0.15) is 0 Å². The van der Waals surface area contributed by atoms with Crippen LogP contribution in [0.3, 0.4) is 0 Å². The number of rotatable bonds is 6. The van der Waals surface area contributed by atoms with E-state index >= 15 is 0 Å². The molecule has 4 nitrogen and oxygen atoms in total. The van der Waals surface area contributed by atoms with Crippen molar-refractivity contribution < 1.29 is 14.9 Å². The molecular weight excluding hydrogens is 374 g/mol. The van der Waals surface area contributed by atoms with Gasteiger partial charge in [0.1, 0.15) is 18.0 Å². The maximum absolute atomic E-state index is 11.2. The second-order valence-electron chi connectivity index (χ2n) is 9.51. The SMILES string of the molecule is Cc1ccc(OCC2(O)CCN(CC3(O)CCC(c4ccccc4)CC3)CC2)cc1. The van der Waals surface area contributed by atoms with E-state index in [1.807, 2.05) is 24.3 Å². The molecule has 0 spiro atoms. The molecule has 4 rings (SSSR count). The van der Waals surface area contributed by atoms with E-state index in [-0.39, 0.29) is 0 Å². The second-order valence-corrected chi connectivity index (χ2v) is 9.51. The zero-order chi connectivity index (χ0) is 21.0. The third kappa shape index (κ3) is 5.42. The van der Waals surface area contributed by atoms with E-state index in [0.717, 1.165) is 44.5 Å². The van der Waals surface area contributed by atoms with Crippen LogP contribution in [0.2, 0.25) is 0 Å². The van der Waals surface area contributed by atoms with E-state index in [9.17, 15) is 10.2 Å². The normalized spacial score (nSPS) is 27.0. The molecule has 0 unspecified atom stereocenters. The van der Waals surface area contributed by atoms with Gasteiger partial charge >= 0.3 is 0 Å². The summed E-state index contributed by atoms with van der Waals surface area (Å²) in [6, 6.07) is 18.6. The molecule has 4 heteroatoms. The van der Waals surface area contributed by atoms with E-state index < -0.39 is 11.2 Å². The summed E-state index contributed by atoms with van der Waals surface area (Å²) in [4.78, 5) is 2.32. The average molecular weight is 410 g/mol. The molecular formula is C26H35NO3. The summed E-state index contributed by atoms with van der Waals surface area (Å²) in [5, 5.41) is 22.1. The van der Waals surface area contributed by atoms with Gasteiger partial charge in [-0.25, -0.2) is 0 Å². The first kappa shape index (κ1) is 21.4. The van der Waals surface area contributed by atoms with Gasteiger partial charge < -0.3 is 19.8 Å². The van der Waals surface area contributed by atoms with Crippen molar-refractivity contribution in [2.45, 2.75) is 62.6 Å². The maximum Gasteiger partial charge on any atom is 0.119 e. The minimum Gasteiger partial charge on any atom is -0.491 e. The average Bonchev–Trinajstić information content (AvgIpc) is 2.76. The summed E-state index contributed by atoms with van der Waals surface area (Å²) < 4.78 is 5.84. The summed E-state index contributed by atoms with van der Waals surface area (Å²) >= 11 is 0. The van der Waals surface area contributed by atoms with Gasteiger partial charge in [0.15, 0.2) is 0 Å². The Labute approximate surface area is 180 Å². The van der Waals surface area contributed by atoms with Crippen LogP contribution in [-0.4, -0.2) is 52.6 Å². The molecule has 1 saturated carbocycles. The molecule has 2 aromatic carbocycles. The Morgan fingerprint density at radius 3 is 2.13 bits per heavy atom. The lowest BCUT2D eigenvalue weighted by Gasteiger charge is -2.43. The molecule has 30 heavy (non-hydrogen) atoms. The van der Waals surface area contributed by atoms with E-state index in [4.69, 9.17) is 4.74 Å². The van der Waals surface area contributed by atoms with Crippen molar-refractivity contribution in [1.29, 1.82) is 0 Å². The molecule has 1 aliphatic heterocycles. The highest BCUT2D eigenvalue weighted by Gasteiger charge is 2.39. The lowest BCUT2D eigenvalue weighted by atomic mass is 9.75. The molecule has 1 heterocycles. The molecule has 2 N–H and O–H groups in total. The smallest absolute Gasteiger partial charge is 0.119 e. The largest absolute Gasteiger partial charge is 0.491 e. The molecule has 1 saturated heterocycles. The van der Waals surface area contributed by atoms with Crippen molar-refractivity contribution in [3.8, 4) is 5.75 Å². The Balaban J connectivity index is 1.23. The van der Waals surface area contributed by atoms with Crippen LogP contribution < -0.4 is 4.74 Å². The van der Waals surface area contributed by atoms with E-state index in [1.54, 1.807) is 0 Å². The van der Waals surface area contributed by atoms with Crippen LogP contribution in [0.5, 0.6) is 5.75 Å². The highest BCUT2D eigenvalue weighted by molar-refractivity contribution is 5.26. The molecule has 0 atom stereocenters. The third-order valence-corrected chi connectivity index (χ3v) is 7.02. The lowest BCUT2D eigenvalue weighted by Crippen LogP contribution is -2.52. The van der Waals surface area contributed by atoms with Crippen LogP contribution in [0, 0.1) is 6.92 Å². The fourth-order valence-electron chi connectivity index (χ4n) is 4.91. The first-order valence-electron chi connectivity index (χ1n) is 11.3. The van der Waals surface area contributed by atoms with E-state index in [0.29, 0.717) is 31.9 Å². The Bertz CT molecular complexity index is 789. The highest BCUT2D eigenvalue weighted by Crippen LogP contribution is 2.39. The number of aryl methyl sites for hydroxylation is 1. The quantitative estimate of drug-likeness (QED) is 0.747. The number of piperidine rings is 1. The van der Waals surface area contributed by atoms with Gasteiger partial charge in [0.05, 0.1) is 5.60 Å². The number of aliphatic hydroxyl groups is 2. The fourth-order valence-corrected chi connectivity index (χ4v) is 4.91. The maximum atomic E-state index is 11.2. The van der Waals surface area contributed by atoms with Crippen molar-refractivity contribution in [3.63, 3.8) is 0 Å². The van der Waals surface area contributed by atoms with Gasteiger partial charge in [-0.3, -0.25) is 0 Å². The number of likely N-dealkylation sites (tertiary alicyclic amines) is 1. The fraction of sp³-hybridized carbons (Fsp3) is 0.538. The molecule has 0 radical (unpaired) electrons. The predicted molar refractivity (Wildman–Crippen MR) is 120 cm³/mol. The summed E-state index contributed by atoms with van der Waals surface area (Å²) in [7, 11) is 0. The van der Waals surface area contributed by atoms with E-state index in [1.165, 1.54) is 11.1 Å². The van der Waals surface area contributed by atoms with Gasteiger partial charge in [0.2, 0.25) is 0 Å². The Morgan fingerprint density at radius 1 is 0.867 bits per heavy atom. The van der Waals surface area contributed by atoms with Crippen LogP contribution in [0.4, 0.5) is 0 Å². The molecule has 2 aliphatic rings. The second kappa shape index (κ2) is 9.09. The highest BCUT2D eigenvalue weighted by atomic mass is 16.5. The van der Waals surface area contributed by atoms with Crippen molar-refractivity contribution in [1.82, 2.24) is 4.90 Å². The molecule has 162 valence electrons. The van der Waals surface area contributed by atoms with Crippen LogP contribution >= 0.6 is 0 Å².